The molecule has 2 N–H and O–H groups in total. The van der Waals surface area contributed by atoms with Gasteiger partial charge in [0, 0.05) is 29.7 Å². The Labute approximate surface area is 113 Å². The van der Waals surface area contributed by atoms with Crippen LogP contribution in [0.15, 0.2) is 18.2 Å². The molecule has 1 aromatic rings. The van der Waals surface area contributed by atoms with E-state index < -0.39 is 0 Å². The Morgan fingerprint density at radius 2 is 2.17 bits per heavy atom. The van der Waals surface area contributed by atoms with E-state index in [0.29, 0.717) is 23.0 Å². The second kappa shape index (κ2) is 5.29. The third-order valence-corrected chi connectivity index (χ3v) is 3.81. The smallest absolute Gasteiger partial charge is 0.253 e. The molecule has 0 bridgehead atoms. The van der Waals surface area contributed by atoms with E-state index in [0.717, 1.165) is 18.5 Å². The summed E-state index contributed by atoms with van der Waals surface area (Å²) in [6.45, 7) is 5.46. The normalized spacial score (nSPS) is 24.1. The van der Waals surface area contributed by atoms with Crippen molar-refractivity contribution in [2.24, 2.45) is 11.7 Å². The lowest BCUT2D eigenvalue weighted by atomic mass is 9.96. The highest BCUT2D eigenvalue weighted by atomic mass is 35.5. The van der Waals surface area contributed by atoms with Crippen molar-refractivity contribution >= 4 is 17.5 Å². The van der Waals surface area contributed by atoms with Crippen molar-refractivity contribution in [1.29, 1.82) is 0 Å². The molecule has 0 radical (unpaired) electrons. The SMILES string of the molecule is Cc1ccc(C(=O)N2CC(C)CC(N)C2)cc1Cl. The van der Waals surface area contributed by atoms with E-state index >= 15 is 0 Å². The minimum absolute atomic E-state index is 0.0268. The van der Waals surface area contributed by atoms with Crippen LogP contribution < -0.4 is 5.73 Å². The largest absolute Gasteiger partial charge is 0.337 e. The summed E-state index contributed by atoms with van der Waals surface area (Å²) in [6, 6.07) is 5.53. The number of halogens is 1. The molecule has 0 spiro atoms. The van der Waals surface area contributed by atoms with E-state index in [1.807, 2.05) is 24.0 Å². The third kappa shape index (κ3) is 2.85. The van der Waals surface area contributed by atoms with Crippen molar-refractivity contribution in [2.75, 3.05) is 13.1 Å². The number of nitrogens with zero attached hydrogens (tertiary/aromatic N) is 1. The van der Waals surface area contributed by atoms with Gasteiger partial charge in [-0.15, -0.1) is 0 Å². The third-order valence-electron chi connectivity index (χ3n) is 3.40. The van der Waals surface area contributed by atoms with Crippen LogP contribution >= 0.6 is 11.6 Å². The topological polar surface area (TPSA) is 46.3 Å². The zero-order chi connectivity index (χ0) is 13.3. The highest BCUT2D eigenvalue weighted by Gasteiger charge is 2.26. The van der Waals surface area contributed by atoms with Crippen LogP contribution in [-0.4, -0.2) is 29.9 Å². The fourth-order valence-corrected chi connectivity index (χ4v) is 2.65. The minimum Gasteiger partial charge on any atom is -0.337 e. The van der Waals surface area contributed by atoms with Crippen LogP contribution in [0.25, 0.3) is 0 Å². The highest BCUT2D eigenvalue weighted by molar-refractivity contribution is 6.31. The number of rotatable bonds is 1. The average molecular weight is 267 g/mol. The van der Waals surface area contributed by atoms with Crippen molar-refractivity contribution in [2.45, 2.75) is 26.3 Å². The van der Waals surface area contributed by atoms with E-state index in [2.05, 4.69) is 6.92 Å². The molecule has 1 heterocycles. The number of carbonyl (C=O) groups is 1. The molecule has 1 aliphatic heterocycles. The van der Waals surface area contributed by atoms with Crippen LogP contribution in [0.4, 0.5) is 0 Å². The lowest BCUT2D eigenvalue weighted by Crippen LogP contribution is -2.48. The Hall–Kier alpha value is -1.06. The molecule has 0 aliphatic carbocycles. The summed E-state index contributed by atoms with van der Waals surface area (Å²) in [5, 5.41) is 0.634. The van der Waals surface area contributed by atoms with Gasteiger partial charge in [0.2, 0.25) is 0 Å². The van der Waals surface area contributed by atoms with Crippen LogP contribution in [0, 0.1) is 12.8 Å². The molecule has 0 saturated carbocycles. The summed E-state index contributed by atoms with van der Waals surface area (Å²) < 4.78 is 0. The molecule has 1 saturated heterocycles. The number of benzene rings is 1. The Kier molecular flexibility index (Phi) is 3.93. The lowest BCUT2D eigenvalue weighted by Gasteiger charge is -2.34. The van der Waals surface area contributed by atoms with Gasteiger partial charge >= 0.3 is 0 Å². The molecule has 18 heavy (non-hydrogen) atoms. The molecule has 2 rings (SSSR count). The fraction of sp³-hybridized carbons (Fsp3) is 0.500. The standard InChI is InChI=1S/C14H19ClN2O/c1-9-5-12(16)8-17(7-9)14(18)11-4-3-10(2)13(15)6-11/h3-4,6,9,12H,5,7-8,16H2,1-2H3. The van der Waals surface area contributed by atoms with Gasteiger partial charge in [-0.05, 0) is 37.0 Å². The first-order valence-electron chi connectivity index (χ1n) is 6.28. The molecule has 1 fully saturated rings. The number of nitrogens with two attached hydrogens (primary N) is 1. The van der Waals surface area contributed by atoms with Gasteiger partial charge in [0.05, 0.1) is 0 Å². The molecule has 0 aromatic heterocycles. The van der Waals surface area contributed by atoms with Crippen molar-refractivity contribution in [3.05, 3.63) is 34.3 Å². The molecule has 1 amide bonds. The van der Waals surface area contributed by atoms with Gasteiger partial charge in [-0.25, -0.2) is 0 Å². The number of piperidine rings is 1. The molecular weight excluding hydrogens is 248 g/mol. The molecule has 3 nitrogen and oxygen atoms in total. The van der Waals surface area contributed by atoms with E-state index in [9.17, 15) is 4.79 Å². The van der Waals surface area contributed by atoms with Crippen molar-refractivity contribution < 1.29 is 4.79 Å². The quantitative estimate of drug-likeness (QED) is 0.849. The molecule has 98 valence electrons. The average Bonchev–Trinajstić information content (AvgIpc) is 2.30. The van der Waals surface area contributed by atoms with Gasteiger partial charge in [-0.1, -0.05) is 24.6 Å². The molecule has 4 heteroatoms. The first kappa shape index (κ1) is 13.4. The molecule has 1 aliphatic rings. The van der Waals surface area contributed by atoms with Gasteiger partial charge in [-0.2, -0.15) is 0 Å². The first-order chi connectivity index (χ1) is 8.47. The zero-order valence-electron chi connectivity index (χ0n) is 10.8. The number of hydrogen-bond acceptors (Lipinski definition) is 2. The number of amides is 1. The van der Waals surface area contributed by atoms with E-state index in [1.54, 1.807) is 6.07 Å². The lowest BCUT2D eigenvalue weighted by molar-refractivity contribution is 0.0661. The van der Waals surface area contributed by atoms with Gasteiger partial charge in [0.15, 0.2) is 0 Å². The minimum atomic E-state index is 0.0268. The van der Waals surface area contributed by atoms with E-state index in [-0.39, 0.29) is 11.9 Å². The summed E-state index contributed by atoms with van der Waals surface area (Å²) >= 11 is 6.06. The van der Waals surface area contributed by atoms with Gasteiger partial charge < -0.3 is 10.6 Å². The van der Waals surface area contributed by atoms with E-state index in [4.69, 9.17) is 17.3 Å². The van der Waals surface area contributed by atoms with Crippen molar-refractivity contribution in [3.63, 3.8) is 0 Å². The number of aryl methyl sites for hydroxylation is 1. The van der Waals surface area contributed by atoms with Gasteiger partial charge in [0.1, 0.15) is 0 Å². The Morgan fingerprint density at radius 3 is 2.78 bits per heavy atom. The monoisotopic (exact) mass is 266 g/mol. The van der Waals surface area contributed by atoms with Crippen molar-refractivity contribution in [3.8, 4) is 0 Å². The van der Waals surface area contributed by atoms with Crippen molar-refractivity contribution in [1.82, 2.24) is 4.90 Å². The van der Waals surface area contributed by atoms with Crippen LogP contribution in [0.5, 0.6) is 0 Å². The molecule has 1 aromatic carbocycles. The van der Waals surface area contributed by atoms with Crippen LogP contribution in [0.1, 0.15) is 29.3 Å². The number of likely N-dealkylation sites (tertiary alicyclic amines) is 1. The van der Waals surface area contributed by atoms with Gasteiger partial charge in [0.25, 0.3) is 5.91 Å². The Balaban J connectivity index is 2.17. The molecule has 2 unspecified atom stereocenters. The molecule has 2 atom stereocenters. The highest BCUT2D eigenvalue weighted by Crippen LogP contribution is 2.21. The van der Waals surface area contributed by atoms with Crippen LogP contribution in [0.3, 0.4) is 0 Å². The Morgan fingerprint density at radius 1 is 1.44 bits per heavy atom. The summed E-state index contributed by atoms with van der Waals surface area (Å²) in [4.78, 5) is 14.2. The van der Waals surface area contributed by atoms with Gasteiger partial charge in [-0.3, -0.25) is 4.79 Å². The fourth-order valence-electron chi connectivity index (χ4n) is 2.47. The maximum absolute atomic E-state index is 12.4. The van der Waals surface area contributed by atoms with Crippen LogP contribution in [-0.2, 0) is 0 Å². The second-order valence-corrected chi connectivity index (χ2v) is 5.68. The summed E-state index contributed by atoms with van der Waals surface area (Å²) in [7, 11) is 0. The number of carbonyl (C=O) groups excluding carboxylic acids is 1. The second-order valence-electron chi connectivity index (χ2n) is 5.28. The summed E-state index contributed by atoms with van der Waals surface area (Å²) in [6.07, 6.45) is 0.985. The van der Waals surface area contributed by atoms with E-state index in [1.165, 1.54) is 0 Å². The maximum atomic E-state index is 12.4. The van der Waals surface area contributed by atoms with Crippen LogP contribution in [0.2, 0.25) is 5.02 Å². The molecular formula is C14H19ClN2O. The predicted octanol–water partition coefficient (Wildman–Crippen LogP) is 2.46. The summed E-state index contributed by atoms with van der Waals surface area (Å²) in [5.74, 6) is 0.484. The predicted molar refractivity (Wildman–Crippen MR) is 73.8 cm³/mol. The first-order valence-corrected chi connectivity index (χ1v) is 6.66. The zero-order valence-corrected chi connectivity index (χ0v) is 11.6. The Bertz CT molecular complexity index is 451. The number of hydrogen-bond donors (Lipinski definition) is 1. The summed E-state index contributed by atoms with van der Waals surface area (Å²) in [5.41, 5.74) is 7.59. The maximum Gasteiger partial charge on any atom is 0.253 e.